The van der Waals surface area contributed by atoms with E-state index in [1.165, 1.54) is 0 Å². The highest BCUT2D eigenvalue weighted by Gasteiger charge is 2.16. The van der Waals surface area contributed by atoms with Crippen molar-refractivity contribution in [3.8, 4) is 0 Å². The van der Waals surface area contributed by atoms with E-state index in [4.69, 9.17) is 14.4 Å². The Balaban J connectivity index is 3.67. The maximum absolute atomic E-state index is 11.1. The van der Waals surface area contributed by atoms with E-state index in [0.717, 1.165) is 12.4 Å². The summed E-state index contributed by atoms with van der Waals surface area (Å²) in [7, 11) is -2.62. The summed E-state index contributed by atoms with van der Waals surface area (Å²) in [6.45, 7) is 0.567. The number of hydrogen-bond acceptors (Lipinski definition) is 5. The third-order valence-corrected chi connectivity index (χ3v) is 2.08. The molecule has 0 radical (unpaired) electrons. The Kier molecular flexibility index (Phi) is 5.09. The molecule has 0 bridgehead atoms. The van der Waals surface area contributed by atoms with Gasteiger partial charge in [-0.3, -0.25) is 9.05 Å². The van der Waals surface area contributed by atoms with E-state index in [-0.39, 0.29) is 13.2 Å². The molecule has 0 aliphatic rings. The lowest BCUT2D eigenvalue weighted by Gasteiger charge is -2.08. The van der Waals surface area contributed by atoms with Crippen molar-refractivity contribution in [2.75, 3.05) is 32.7 Å². The molecule has 0 saturated heterocycles. The van der Waals surface area contributed by atoms with Gasteiger partial charge >= 0.3 is 7.82 Å². The first-order valence-corrected chi connectivity index (χ1v) is 5.32. The summed E-state index contributed by atoms with van der Waals surface area (Å²) in [5.41, 5.74) is 0. The Bertz CT molecular complexity index is 191. The molecule has 74 valence electrons. The fraction of sp³-hybridized carbons (Fsp3) is 1.00. The van der Waals surface area contributed by atoms with E-state index in [2.05, 4.69) is 13.9 Å². The first-order chi connectivity index (χ1) is 6.58. The maximum atomic E-state index is 11.1. The second-order valence-corrected chi connectivity index (χ2v) is 3.72. The summed E-state index contributed by atoms with van der Waals surface area (Å²) in [4.78, 5) is 3.78. The zero-order valence-electron chi connectivity index (χ0n) is 8.73. The second kappa shape index (κ2) is 6.83. The third-order valence-electron chi connectivity index (χ3n) is 0.965. The molecule has 1 atom stereocenters. The van der Waals surface area contributed by atoms with Crippen LogP contribution in [-0.2, 0) is 13.6 Å². The summed E-state index contributed by atoms with van der Waals surface area (Å²) in [5, 5.41) is 1.15. The summed E-state index contributed by atoms with van der Waals surface area (Å²) >= 11 is 5.38. The fourth-order valence-electron chi connectivity index (χ4n) is 0.441. The molecule has 1 unspecified atom stereocenters. The molecule has 0 saturated carbocycles. The summed E-state index contributed by atoms with van der Waals surface area (Å²) in [5.74, 6) is 0.334. The van der Waals surface area contributed by atoms with Crippen molar-refractivity contribution >= 4 is 19.4 Å². The Hall–Kier alpha value is 0.360. The lowest BCUT2D eigenvalue weighted by Crippen LogP contribution is -2.21. The standard InChI is InChI=1S/C5H13ClNO4P/c1-10-12(8,9)11-5-4-7-3-2-6/h7H,2-5H2,1H3,(H,8,9)/i/hD2. The van der Waals surface area contributed by atoms with Crippen molar-refractivity contribution in [1.29, 1.82) is 1.43 Å². The van der Waals surface area contributed by atoms with Crippen LogP contribution in [0.1, 0.15) is 0 Å². The number of rotatable bonds is 8. The van der Waals surface area contributed by atoms with Crippen molar-refractivity contribution in [1.82, 2.24) is 5.31 Å². The molecule has 5 nitrogen and oxygen atoms in total. The lowest BCUT2D eigenvalue weighted by atomic mass is 10.6. The van der Waals surface area contributed by atoms with Gasteiger partial charge in [0.2, 0.25) is 1.43 Å². The third kappa shape index (κ3) is 7.03. The van der Waals surface area contributed by atoms with Gasteiger partial charge in [-0.05, 0) is 0 Å². The van der Waals surface area contributed by atoms with E-state index in [0.29, 0.717) is 12.4 Å². The first-order valence-electron chi connectivity index (χ1n) is 4.18. The van der Waals surface area contributed by atoms with E-state index in [9.17, 15) is 4.57 Å². The first kappa shape index (κ1) is 8.94. The van der Waals surface area contributed by atoms with Gasteiger partial charge < -0.3 is 10.2 Å². The number of phosphoric acid groups is 1. The summed E-state index contributed by atoms with van der Waals surface area (Å²) < 4.78 is 33.8. The highest BCUT2D eigenvalue weighted by Crippen LogP contribution is 2.41. The van der Waals surface area contributed by atoms with Crippen LogP contribution < -0.4 is 5.31 Å². The zero-order valence-corrected chi connectivity index (χ0v) is 8.38. The second-order valence-electron chi connectivity index (χ2n) is 1.82. The molecule has 0 aromatic carbocycles. The highest BCUT2D eigenvalue weighted by atomic mass is 35.5. The molecule has 0 amide bonds. The van der Waals surface area contributed by atoms with Gasteiger partial charge in [-0.15, -0.1) is 11.6 Å². The molecular weight excluding hydrogens is 204 g/mol. The molecule has 0 spiro atoms. The molecule has 0 fully saturated rings. The predicted molar refractivity (Wildman–Crippen MR) is 46.4 cm³/mol. The van der Waals surface area contributed by atoms with Crippen molar-refractivity contribution in [3.63, 3.8) is 0 Å². The molecule has 2 N–H and O–H groups in total. The minimum absolute atomic E-state index is 0.0234. The topological polar surface area (TPSA) is 67.8 Å². The summed E-state index contributed by atoms with van der Waals surface area (Å²) in [6.07, 6.45) is 0. The Morgan fingerprint density at radius 2 is 2.58 bits per heavy atom. The van der Waals surface area contributed by atoms with Crippen LogP contribution in [0.2, 0.25) is 1.41 Å². The van der Waals surface area contributed by atoms with Gasteiger partial charge in [0, 0.05) is 26.1 Å². The van der Waals surface area contributed by atoms with Crippen molar-refractivity contribution in [3.05, 3.63) is 0 Å². The molecular formula is C5H13ClNO4P. The van der Waals surface area contributed by atoms with Crippen LogP contribution in [-0.4, -0.2) is 39.0 Å². The molecule has 0 aromatic rings. The van der Waals surface area contributed by atoms with Gasteiger partial charge in [-0.1, -0.05) is 0 Å². The molecule has 0 heterocycles. The zero-order chi connectivity index (χ0) is 11.0. The van der Waals surface area contributed by atoms with Crippen molar-refractivity contribution in [2.45, 2.75) is 0 Å². The largest absolute Gasteiger partial charge is 0.471 e. The summed E-state index contributed by atoms with van der Waals surface area (Å²) in [6, 6.07) is 0. The van der Waals surface area contributed by atoms with Gasteiger partial charge in [0.05, 0.1) is 6.61 Å². The molecule has 0 aromatic heterocycles. The van der Waals surface area contributed by atoms with E-state index < -0.39 is 7.82 Å². The van der Waals surface area contributed by atoms with Crippen LogP contribution in [0.15, 0.2) is 0 Å². The Labute approximate surface area is 79.6 Å². The molecule has 0 aliphatic heterocycles. The van der Waals surface area contributed by atoms with Crippen LogP contribution in [0.3, 0.4) is 0 Å². The van der Waals surface area contributed by atoms with Crippen LogP contribution in [0.25, 0.3) is 0 Å². The predicted octanol–water partition coefficient (Wildman–Crippen LogP) is 0.578. The molecule has 12 heavy (non-hydrogen) atoms. The lowest BCUT2D eigenvalue weighted by molar-refractivity contribution is 0.174. The monoisotopic (exact) mass is 219 g/mol. The quantitative estimate of drug-likeness (QED) is 0.462. The van der Waals surface area contributed by atoms with Gasteiger partial charge in [-0.25, -0.2) is 4.57 Å². The van der Waals surface area contributed by atoms with Crippen molar-refractivity contribution in [2.24, 2.45) is 0 Å². The van der Waals surface area contributed by atoms with Crippen LogP contribution >= 0.6 is 19.4 Å². The van der Waals surface area contributed by atoms with Crippen molar-refractivity contribution < 1.29 is 19.9 Å². The minimum Gasteiger partial charge on any atom is -0.313 e. The SMILES string of the molecule is [2H]OP(=O)(OC)OCCN([2H])CCCl. The fourth-order valence-corrected chi connectivity index (χ4v) is 0.972. The minimum atomic E-state index is -3.73. The normalized spacial score (nSPS) is 18.6. The van der Waals surface area contributed by atoms with Crippen LogP contribution in [0.4, 0.5) is 0 Å². The van der Waals surface area contributed by atoms with Gasteiger partial charge in [0.15, 0.2) is 0 Å². The number of alkyl halides is 1. The Morgan fingerprint density at radius 1 is 1.83 bits per heavy atom. The number of halogens is 1. The smallest absolute Gasteiger partial charge is 0.313 e. The average molecular weight is 220 g/mol. The number of nitrogens with one attached hydrogen (secondary N) is 1. The maximum Gasteiger partial charge on any atom is 0.471 e. The highest BCUT2D eigenvalue weighted by molar-refractivity contribution is 7.47. The van der Waals surface area contributed by atoms with Crippen LogP contribution in [0.5, 0.6) is 0 Å². The van der Waals surface area contributed by atoms with E-state index >= 15 is 0 Å². The number of hydrogen-bond donors (Lipinski definition) is 2. The molecule has 0 rings (SSSR count). The molecule has 0 aliphatic carbocycles. The van der Waals surface area contributed by atoms with Gasteiger partial charge in [0.25, 0.3) is 0 Å². The van der Waals surface area contributed by atoms with E-state index in [1.807, 2.05) is 0 Å². The number of phosphoric ester groups is 1. The average Bonchev–Trinajstić information content (AvgIpc) is 2.18. The van der Waals surface area contributed by atoms with E-state index in [1.54, 1.807) is 0 Å². The Morgan fingerprint density at radius 3 is 3.08 bits per heavy atom. The molecule has 7 heteroatoms. The van der Waals surface area contributed by atoms with Crippen LogP contribution in [0, 0.1) is 0 Å². The van der Waals surface area contributed by atoms with Gasteiger partial charge in [0.1, 0.15) is 1.41 Å². The van der Waals surface area contributed by atoms with Gasteiger partial charge in [-0.2, -0.15) is 0 Å².